The summed E-state index contributed by atoms with van der Waals surface area (Å²) in [6, 6.07) is 2.39. The number of ether oxygens (including phenoxy) is 1. The molecule has 3 rings (SSSR count). The van der Waals surface area contributed by atoms with Crippen molar-refractivity contribution in [3.8, 4) is 0 Å². The van der Waals surface area contributed by atoms with Crippen LogP contribution in [-0.2, 0) is 4.74 Å². The van der Waals surface area contributed by atoms with Crippen LogP contribution in [0, 0.1) is 0 Å². The van der Waals surface area contributed by atoms with Crippen LogP contribution >= 0.6 is 15.9 Å². The number of esters is 1. The van der Waals surface area contributed by atoms with Gasteiger partial charge in [0.25, 0.3) is 0 Å². The average Bonchev–Trinajstić information content (AvgIpc) is 2.63. The highest BCUT2D eigenvalue weighted by Crippen LogP contribution is 2.26. The minimum absolute atomic E-state index is 0.217. The largest absolute Gasteiger partial charge is 0.465 e. The molecule has 0 aromatic carbocycles. The Morgan fingerprint density at radius 1 is 1.32 bits per heavy atom. The summed E-state index contributed by atoms with van der Waals surface area (Å²) in [6.07, 6.45) is 7.73. The number of anilines is 1. The average molecular weight is 412 g/mol. The standard InChI is InChI=1S/C18H26BrN3O3/c1-25-18(24)14-10-12(19)11-20-17(14)22-8-6-13(7-9-22)21-15-4-2-3-5-16(15)23/h10-11,13,15-16,21,23H,2-9H2,1H3/t15-,16+/m1/s1. The van der Waals surface area contributed by atoms with Crippen LogP contribution in [0.4, 0.5) is 5.82 Å². The number of pyridine rings is 1. The van der Waals surface area contributed by atoms with Gasteiger partial charge in [-0.05, 0) is 47.7 Å². The van der Waals surface area contributed by atoms with Gasteiger partial charge in [-0.25, -0.2) is 9.78 Å². The SMILES string of the molecule is COC(=O)c1cc(Br)cnc1N1CCC(N[C@@H]2CCCC[C@@H]2O)CC1. The molecule has 2 heterocycles. The Balaban J connectivity index is 1.61. The summed E-state index contributed by atoms with van der Waals surface area (Å²) < 4.78 is 5.65. The van der Waals surface area contributed by atoms with E-state index in [0.29, 0.717) is 17.4 Å². The molecule has 7 heteroatoms. The van der Waals surface area contributed by atoms with Gasteiger partial charge in [0, 0.05) is 35.8 Å². The first kappa shape index (κ1) is 18.6. The van der Waals surface area contributed by atoms with Crippen molar-refractivity contribution in [3.05, 3.63) is 22.3 Å². The van der Waals surface area contributed by atoms with E-state index >= 15 is 0 Å². The van der Waals surface area contributed by atoms with E-state index in [1.54, 1.807) is 12.3 Å². The van der Waals surface area contributed by atoms with Gasteiger partial charge < -0.3 is 20.1 Å². The summed E-state index contributed by atoms with van der Waals surface area (Å²) >= 11 is 3.37. The number of aliphatic hydroxyl groups is 1. The van der Waals surface area contributed by atoms with Crippen LogP contribution in [0.15, 0.2) is 16.7 Å². The Kier molecular flexibility index (Phi) is 6.30. The van der Waals surface area contributed by atoms with Crippen molar-refractivity contribution in [1.82, 2.24) is 10.3 Å². The van der Waals surface area contributed by atoms with Crippen molar-refractivity contribution in [2.75, 3.05) is 25.1 Å². The highest BCUT2D eigenvalue weighted by molar-refractivity contribution is 9.10. The number of methoxy groups -OCH3 is 1. The van der Waals surface area contributed by atoms with Crippen LogP contribution in [-0.4, -0.2) is 54.4 Å². The third-order valence-electron chi connectivity index (χ3n) is 5.21. The van der Waals surface area contributed by atoms with Gasteiger partial charge in [0.2, 0.25) is 0 Å². The van der Waals surface area contributed by atoms with E-state index in [0.717, 1.165) is 49.7 Å². The summed E-state index contributed by atoms with van der Waals surface area (Å²) in [6.45, 7) is 1.66. The van der Waals surface area contributed by atoms with E-state index in [1.807, 2.05) is 0 Å². The summed E-state index contributed by atoms with van der Waals surface area (Å²) in [7, 11) is 1.39. The predicted octanol–water partition coefficient (Wildman–Crippen LogP) is 2.49. The van der Waals surface area contributed by atoms with Crippen LogP contribution < -0.4 is 10.2 Å². The Hall–Kier alpha value is -1.18. The maximum absolute atomic E-state index is 12.0. The van der Waals surface area contributed by atoms with E-state index in [4.69, 9.17) is 4.74 Å². The topological polar surface area (TPSA) is 74.7 Å². The summed E-state index contributed by atoms with van der Waals surface area (Å²) in [5.74, 6) is 0.320. The van der Waals surface area contributed by atoms with Gasteiger partial charge in [-0.2, -0.15) is 0 Å². The zero-order chi connectivity index (χ0) is 17.8. The van der Waals surface area contributed by atoms with Crippen molar-refractivity contribution < 1.29 is 14.6 Å². The number of hydrogen-bond acceptors (Lipinski definition) is 6. The molecule has 2 N–H and O–H groups in total. The van der Waals surface area contributed by atoms with Crippen LogP contribution in [0.25, 0.3) is 0 Å². The lowest BCUT2D eigenvalue weighted by Gasteiger charge is -2.38. The number of halogens is 1. The smallest absolute Gasteiger partial charge is 0.341 e. The summed E-state index contributed by atoms with van der Waals surface area (Å²) in [5, 5.41) is 13.8. The fourth-order valence-corrected chi connectivity index (χ4v) is 4.14. The quantitative estimate of drug-likeness (QED) is 0.741. The van der Waals surface area contributed by atoms with Crippen LogP contribution in [0.3, 0.4) is 0 Å². The molecule has 1 saturated carbocycles. The van der Waals surface area contributed by atoms with Crippen LogP contribution in [0.1, 0.15) is 48.9 Å². The van der Waals surface area contributed by atoms with Gasteiger partial charge in [0.05, 0.1) is 13.2 Å². The molecule has 0 bridgehead atoms. The highest BCUT2D eigenvalue weighted by atomic mass is 79.9. The maximum Gasteiger partial charge on any atom is 0.341 e. The molecule has 138 valence electrons. The predicted molar refractivity (Wildman–Crippen MR) is 99.9 cm³/mol. The third-order valence-corrected chi connectivity index (χ3v) is 5.65. The van der Waals surface area contributed by atoms with E-state index in [2.05, 4.69) is 31.1 Å². The molecule has 1 aliphatic carbocycles. The normalized spacial score (nSPS) is 25.0. The first-order valence-corrected chi connectivity index (χ1v) is 9.80. The molecule has 1 aliphatic heterocycles. The van der Waals surface area contributed by atoms with Crippen molar-refractivity contribution in [2.24, 2.45) is 0 Å². The molecule has 1 aromatic heterocycles. The van der Waals surface area contributed by atoms with Gasteiger partial charge in [0.1, 0.15) is 11.4 Å². The van der Waals surface area contributed by atoms with Gasteiger partial charge in [-0.1, -0.05) is 12.8 Å². The molecular formula is C18H26BrN3O3. The van der Waals surface area contributed by atoms with Crippen molar-refractivity contribution >= 4 is 27.7 Å². The number of carbonyl (C=O) groups excluding carboxylic acids is 1. The summed E-state index contributed by atoms with van der Waals surface area (Å²) in [4.78, 5) is 18.6. The Morgan fingerprint density at radius 2 is 2.04 bits per heavy atom. The molecule has 1 saturated heterocycles. The first-order chi connectivity index (χ1) is 12.1. The third kappa shape index (κ3) is 4.51. The zero-order valence-electron chi connectivity index (χ0n) is 14.6. The molecule has 0 radical (unpaired) electrons. The maximum atomic E-state index is 12.0. The second-order valence-corrected chi connectivity index (χ2v) is 7.82. The van der Waals surface area contributed by atoms with E-state index in [1.165, 1.54) is 13.5 Å². The number of carbonyl (C=O) groups is 1. The second kappa shape index (κ2) is 8.47. The first-order valence-electron chi connectivity index (χ1n) is 9.01. The van der Waals surface area contributed by atoms with Gasteiger partial charge >= 0.3 is 5.97 Å². The fourth-order valence-electron chi connectivity index (χ4n) is 3.81. The van der Waals surface area contributed by atoms with Gasteiger partial charge in [0.15, 0.2) is 0 Å². The minimum atomic E-state index is -0.366. The molecule has 0 unspecified atom stereocenters. The minimum Gasteiger partial charge on any atom is -0.465 e. The molecule has 2 aliphatic rings. The second-order valence-electron chi connectivity index (χ2n) is 6.90. The monoisotopic (exact) mass is 411 g/mol. The molecule has 1 aromatic rings. The lowest BCUT2D eigenvalue weighted by Crippen LogP contribution is -2.51. The summed E-state index contributed by atoms with van der Waals surface area (Å²) in [5.41, 5.74) is 0.492. The molecular weight excluding hydrogens is 386 g/mol. The van der Waals surface area contributed by atoms with Crippen LogP contribution in [0.2, 0.25) is 0 Å². The number of hydrogen-bond donors (Lipinski definition) is 2. The lowest BCUT2D eigenvalue weighted by molar-refractivity contribution is 0.0600. The van der Waals surface area contributed by atoms with Crippen molar-refractivity contribution in [2.45, 2.75) is 56.7 Å². The molecule has 25 heavy (non-hydrogen) atoms. The van der Waals surface area contributed by atoms with E-state index in [9.17, 15) is 9.90 Å². The van der Waals surface area contributed by atoms with Gasteiger partial charge in [-0.3, -0.25) is 0 Å². The number of aliphatic hydroxyl groups excluding tert-OH is 1. The zero-order valence-corrected chi connectivity index (χ0v) is 16.2. The Morgan fingerprint density at radius 3 is 2.72 bits per heavy atom. The number of nitrogens with one attached hydrogen (secondary N) is 1. The molecule has 0 spiro atoms. The van der Waals surface area contributed by atoms with Crippen LogP contribution in [0.5, 0.6) is 0 Å². The van der Waals surface area contributed by atoms with Crippen molar-refractivity contribution in [3.63, 3.8) is 0 Å². The fraction of sp³-hybridized carbons (Fsp3) is 0.667. The molecule has 6 nitrogen and oxygen atoms in total. The molecule has 0 amide bonds. The highest BCUT2D eigenvalue weighted by Gasteiger charge is 2.29. The Labute approximate surface area is 157 Å². The number of piperidine rings is 1. The van der Waals surface area contributed by atoms with Crippen molar-refractivity contribution in [1.29, 1.82) is 0 Å². The van der Waals surface area contributed by atoms with E-state index in [-0.39, 0.29) is 18.1 Å². The Bertz CT molecular complexity index is 605. The lowest BCUT2D eigenvalue weighted by atomic mass is 9.91. The number of aromatic nitrogens is 1. The van der Waals surface area contributed by atoms with Gasteiger partial charge in [-0.15, -0.1) is 0 Å². The molecule has 2 atom stereocenters. The molecule has 2 fully saturated rings. The van der Waals surface area contributed by atoms with E-state index < -0.39 is 0 Å². The number of nitrogens with zero attached hydrogens (tertiary/aromatic N) is 2. The number of rotatable bonds is 4.